The van der Waals surface area contributed by atoms with Crippen LogP contribution in [-0.4, -0.2) is 30.6 Å². The number of rotatable bonds is 5. The number of hydrazone groups is 1. The zero-order valence-electron chi connectivity index (χ0n) is 12.7. The Hall–Kier alpha value is -1.76. The van der Waals surface area contributed by atoms with Gasteiger partial charge in [0, 0.05) is 22.9 Å². The molecule has 1 aliphatic rings. The second-order valence-electron chi connectivity index (χ2n) is 5.28. The molecule has 0 bridgehead atoms. The van der Waals surface area contributed by atoms with Gasteiger partial charge in [-0.15, -0.1) is 11.3 Å². The molecule has 0 spiro atoms. The molecule has 1 aromatic heterocycles. The lowest BCUT2D eigenvalue weighted by Crippen LogP contribution is -2.37. The Morgan fingerprint density at radius 3 is 2.96 bits per heavy atom. The van der Waals surface area contributed by atoms with E-state index < -0.39 is 0 Å². The van der Waals surface area contributed by atoms with Crippen LogP contribution in [0.1, 0.15) is 17.7 Å². The minimum Gasteiger partial charge on any atom is -0.376 e. The molecule has 1 saturated heterocycles. The van der Waals surface area contributed by atoms with Crippen molar-refractivity contribution in [2.24, 2.45) is 5.10 Å². The van der Waals surface area contributed by atoms with Crippen LogP contribution in [0.25, 0.3) is 10.4 Å². The summed E-state index contributed by atoms with van der Waals surface area (Å²) in [6.45, 7) is 1.59. The van der Waals surface area contributed by atoms with Gasteiger partial charge >= 0.3 is 0 Å². The molecule has 0 radical (unpaired) electrons. The Morgan fingerprint density at radius 1 is 1.30 bits per heavy atom. The van der Waals surface area contributed by atoms with E-state index in [4.69, 9.17) is 17.0 Å². The molecule has 3 rings (SSSR count). The van der Waals surface area contributed by atoms with E-state index in [-0.39, 0.29) is 6.10 Å². The lowest BCUT2D eigenvalue weighted by Gasteiger charge is -2.11. The van der Waals surface area contributed by atoms with Gasteiger partial charge in [-0.2, -0.15) is 5.10 Å². The summed E-state index contributed by atoms with van der Waals surface area (Å²) < 4.78 is 5.54. The largest absolute Gasteiger partial charge is 0.376 e. The first-order valence-electron chi connectivity index (χ1n) is 7.65. The smallest absolute Gasteiger partial charge is 0.187 e. The van der Waals surface area contributed by atoms with E-state index in [0.717, 1.165) is 30.9 Å². The molecule has 0 aliphatic carbocycles. The molecule has 0 unspecified atom stereocenters. The average molecular weight is 345 g/mol. The van der Waals surface area contributed by atoms with E-state index >= 15 is 0 Å². The molecule has 1 atom stereocenters. The normalized spacial score (nSPS) is 17.5. The van der Waals surface area contributed by atoms with Crippen LogP contribution in [-0.2, 0) is 4.74 Å². The van der Waals surface area contributed by atoms with Crippen molar-refractivity contribution in [2.75, 3.05) is 13.2 Å². The number of benzene rings is 1. The third kappa shape index (κ3) is 4.86. The fraction of sp³-hybridized carbons (Fsp3) is 0.294. The van der Waals surface area contributed by atoms with Crippen LogP contribution >= 0.6 is 23.6 Å². The molecular formula is C17H19N3OS2. The van der Waals surface area contributed by atoms with Crippen LogP contribution in [0, 0.1) is 0 Å². The van der Waals surface area contributed by atoms with Crippen LogP contribution in [0.4, 0.5) is 0 Å². The van der Waals surface area contributed by atoms with Crippen molar-refractivity contribution in [1.82, 2.24) is 10.7 Å². The molecule has 0 saturated carbocycles. The summed E-state index contributed by atoms with van der Waals surface area (Å²) in [6, 6.07) is 14.5. The van der Waals surface area contributed by atoms with Crippen LogP contribution in [0.3, 0.4) is 0 Å². The molecule has 6 heteroatoms. The van der Waals surface area contributed by atoms with Crippen molar-refractivity contribution in [3.63, 3.8) is 0 Å². The predicted molar refractivity (Wildman–Crippen MR) is 100 cm³/mol. The zero-order chi connectivity index (χ0) is 15.9. The van der Waals surface area contributed by atoms with Crippen molar-refractivity contribution in [1.29, 1.82) is 0 Å². The summed E-state index contributed by atoms with van der Waals surface area (Å²) in [5.41, 5.74) is 4.07. The van der Waals surface area contributed by atoms with Gasteiger partial charge in [-0.1, -0.05) is 30.3 Å². The lowest BCUT2D eigenvalue weighted by molar-refractivity contribution is 0.114. The first-order valence-corrected chi connectivity index (χ1v) is 8.87. The maximum absolute atomic E-state index is 5.54. The molecular weight excluding hydrogens is 326 g/mol. The highest BCUT2D eigenvalue weighted by atomic mass is 32.1. The Morgan fingerprint density at radius 2 is 2.17 bits per heavy atom. The molecule has 1 fully saturated rings. The second-order valence-corrected chi connectivity index (χ2v) is 6.81. The van der Waals surface area contributed by atoms with Crippen molar-refractivity contribution < 1.29 is 4.74 Å². The average Bonchev–Trinajstić information content (AvgIpc) is 3.26. The van der Waals surface area contributed by atoms with E-state index in [1.807, 2.05) is 18.2 Å². The molecule has 120 valence electrons. The van der Waals surface area contributed by atoms with Crippen molar-refractivity contribution >= 4 is 34.9 Å². The SMILES string of the molecule is S=C(NC[C@@H]1CCCO1)N/N=C\c1ccc(-c2ccccc2)s1. The maximum atomic E-state index is 5.54. The fourth-order valence-corrected chi connectivity index (χ4v) is 3.41. The quantitative estimate of drug-likeness (QED) is 0.495. The highest BCUT2D eigenvalue weighted by Crippen LogP contribution is 2.26. The Balaban J connectivity index is 1.46. The zero-order valence-corrected chi connectivity index (χ0v) is 14.3. The fourth-order valence-electron chi connectivity index (χ4n) is 2.39. The van der Waals surface area contributed by atoms with E-state index in [1.165, 1.54) is 10.4 Å². The molecule has 2 heterocycles. The van der Waals surface area contributed by atoms with Crippen LogP contribution in [0.5, 0.6) is 0 Å². The van der Waals surface area contributed by atoms with Crippen LogP contribution in [0.15, 0.2) is 47.6 Å². The topological polar surface area (TPSA) is 45.6 Å². The van der Waals surface area contributed by atoms with Gasteiger partial charge < -0.3 is 10.1 Å². The van der Waals surface area contributed by atoms with Crippen molar-refractivity contribution in [3.8, 4) is 10.4 Å². The maximum Gasteiger partial charge on any atom is 0.187 e. The van der Waals surface area contributed by atoms with Crippen LogP contribution < -0.4 is 10.7 Å². The highest BCUT2D eigenvalue weighted by molar-refractivity contribution is 7.80. The molecule has 4 nitrogen and oxygen atoms in total. The van der Waals surface area contributed by atoms with E-state index in [1.54, 1.807) is 17.6 Å². The predicted octanol–water partition coefficient (Wildman–Crippen LogP) is 3.39. The van der Waals surface area contributed by atoms with Crippen molar-refractivity contribution in [3.05, 3.63) is 47.3 Å². The molecule has 0 amide bonds. The number of thiophene rings is 1. The minimum absolute atomic E-state index is 0.268. The summed E-state index contributed by atoms with van der Waals surface area (Å²) >= 11 is 6.90. The molecule has 1 aromatic carbocycles. The van der Waals surface area contributed by atoms with Gasteiger partial charge in [0.05, 0.1) is 12.3 Å². The first kappa shape index (κ1) is 16.1. The van der Waals surface area contributed by atoms with Gasteiger partial charge in [-0.25, -0.2) is 0 Å². The number of hydrogen-bond donors (Lipinski definition) is 2. The molecule has 23 heavy (non-hydrogen) atoms. The summed E-state index contributed by atoms with van der Waals surface area (Å²) in [5, 5.41) is 7.84. The summed E-state index contributed by atoms with van der Waals surface area (Å²) in [5.74, 6) is 0. The van der Waals surface area contributed by atoms with Gasteiger partial charge in [0.1, 0.15) is 0 Å². The van der Waals surface area contributed by atoms with Gasteiger partial charge in [0.15, 0.2) is 5.11 Å². The second kappa shape index (κ2) is 8.19. The third-order valence-corrected chi connectivity index (χ3v) is 4.86. The number of hydrogen-bond acceptors (Lipinski definition) is 4. The first-order chi connectivity index (χ1) is 11.3. The molecule has 1 aliphatic heterocycles. The molecule has 2 N–H and O–H groups in total. The number of ether oxygens (including phenoxy) is 1. The Kier molecular flexibility index (Phi) is 5.74. The Bertz CT molecular complexity index is 663. The standard InChI is InChI=1S/C17H19N3OS2/c22-17(18-11-14-7-4-10-21-14)20-19-12-15-8-9-16(23-15)13-5-2-1-3-6-13/h1-3,5-6,8-9,12,14H,4,7,10-11H2,(H2,18,20,22)/b19-12-/t14-/m0/s1. The number of nitrogens with one attached hydrogen (secondary N) is 2. The summed E-state index contributed by atoms with van der Waals surface area (Å²) in [4.78, 5) is 2.31. The number of nitrogens with zero attached hydrogens (tertiary/aromatic N) is 1. The summed E-state index contributed by atoms with van der Waals surface area (Å²) in [6.07, 6.45) is 4.28. The van der Waals surface area contributed by atoms with Crippen LogP contribution in [0.2, 0.25) is 0 Å². The van der Waals surface area contributed by atoms with Crippen molar-refractivity contribution in [2.45, 2.75) is 18.9 Å². The van der Waals surface area contributed by atoms with Gasteiger partial charge in [0.2, 0.25) is 0 Å². The van der Waals surface area contributed by atoms with E-state index in [2.05, 4.69) is 40.1 Å². The van der Waals surface area contributed by atoms with E-state index in [9.17, 15) is 0 Å². The highest BCUT2D eigenvalue weighted by Gasteiger charge is 2.14. The summed E-state index contributed by atoms with van der Waals surface area (Å²) in [7, 11) is 0. The van der Waals surface area contributed by atoms with Gasteiger partial charge in [0.25, 0.3) is 0 Å². The van der Waals surface area contributed by atoms with Gasteiger partial charge in [-0.05, 0) is 42.8 Å². The van der Waals surface area contributed by atoms with E-state index in [0.29, 0.717) is 5.11 Å². The minimum atomic E-state index is 0.268. The monoisotopic (exact) mass is 345 g/mol. The molecule has 2 aromatic rings. The lowest BCUT2D eigenvalue weighted by atomic mass is 10.2. The number of thiocarbonyl (C=S) groups is 1. The Labute approximate surface area is 145 Å². The third-order valence-electron chi connectivity index (χ3n) is 3.56. The van der Waals surface area contributed by atoms with Gasteiger partial charge in [-0.3, -0.25) is 5.43 Å².